The predicted octanol–water partition coefficient (Wildman–Crippen LogP) is 7.86. The minimum absolute atomic E-state index is 0.0617. The largest absolute Gasteiger partial charge is 0.393 e. The van der Waals surface area contributed by atoms with Crippen LogP contribution in [0, 0.1) is 10.8 Å². The molecule has 0 aromatic heterocycles. The number of unbranched alkanes of at least 4 members (excludes halogenated alkanes) is 6. The zero-order valence-electron chi connectivity index (χ0n) is 20.5. The lowest BCUT2D eigenvalue weighted by molar-refractivity contribution is -0.126. The number of aliphatic hydroxyl groups excluding tert-OH is 1. The summed E-state index contributed by atoms with van der Waals surface area (Å²) in [5, 5.41) is 9.69. The van der Waals surface area contributed by atoms with Crippen molar-refractivity contribution in [2.75, 3.05) is 13.3 Å². The first kappa shape index (κ1) is 31.7. The number of carbonyl (C=O) groups is 1. The van der Waals surface area contributed by atoms with E-state index in [0.29, 0.717) is 5.78 Å². The minimum Gasteiger partial charge on any atom is -0.393 e. The van der Waals surface area contributed by atoms with Crippen LogP contribution >= 0.6 is 8.58 Å². The molecule has 2 nitrogen and oxygen atoms in total. The summed E-state index contributed by atoms with van der Waals surface area (Å²) in [6, 6.07) is 0. The molecule has 0 rings (SSSR count). The van der Waals surface area contributed by atoms with Crippen LogP contribution in [0.1, 0.15) is 120 Å². The van der Waals surface area contributed by atoms with Crippen molar-refractivity contribution in [2.45, 2.75) is 126 Å². The highest BCUT2D eigenvalue weighted by atomic mass is 31.1. The molecule has 3 heteroatoms. The summed E-state index contributed by atoms with van der Waals surface area (Å²) in [5.41, 5.74) is -0.0710. The molecule has 0 saturated heterocycles. The molecular formula is C24H53O2P. The van der Waals surface area contributed by atoms with Crippen molar-refractivity contribution in [3.05, 3.63) is 0 Å². The van der Waals surface area contributed by atoms with Crippen LogP contribution in [0.3, 0.4) is 0 Å². The van der Waals surface area contributed by atoms with E-state index < -0.39 is 0 Å². The molecule has 1 atom stereocenters. The number of Topliss-reactive ketones (excluding diaryl/α,β-unsaturated/α-hetero) is 1. The van der Waals surface area contributed by atoms with Gasteiger partial charge in [0, 0.05) is 11.8 Å². The molecule has 0 saturated carbocycles. The van der Waals surface area contributed by atoms with E-state index in [-0.39, 0.29) is 16.9 Å². The Morgan fingerprint density at radius 2 is 1.22 bits per heavy atom. The molecule has 0 amide bonds. The number of hydrogen-bond acceptors (Lipinski definition) is 2. The van der Waals surface area contributed by atoms with Crippen LogP contribution in [0.5, 0.6) is 0 Å². The molecule has 0 aliphatic carbocycles. The highest BCUT2D eigenvalue weighted by molar-refractivity contribution is 7.35. The lowest BCUT2D eigenvalue weighted by Crippen LogP contribution is -2.25. The van der Waals surface area contributed by atoms with Crippen molar-refractivity contribution in [1.29, 1.82) is 0 Å². The van der Waals surface area contributed by atoms with Crippen molar-refractivity contribution < 1.29 is 9.90 Å². The first-order valence-corrected chi connectivity index (χ1v) is 13.2. The molecule has 1 N–H and O–H groups in total. The smallest absolute Gasteiger partial charge is 0.138 e. The molecule has 0 bridgehead atoms. The number of hydrogen-bond donors (Lipinski definition) is 1. The third-order valence-corrected chi connectivity index (χ3v) is 4.42. The van der Waals surface area contributed by atoms with Gasteiger partial charge in [-0.05, 0) is 31.6 Å². The minimum atomic E-state index is -0.133. The molecule has 0 spiro atoms. The molecule has 0 aliphatic heterocycles. The van der Waals surface area contributed by atoms with Gasteiger partial charge in [0.2, 0.25) is 0 Å². The Labute approximate surface area is 174 Å². The zero-order chi connectivity index (χ0) is 21.9. The van der Waals surface area contributed by atoms with E-state index in [9.17, 15) is 9.90 Å². The van der Waals surface area contributed by atoms with Gasteiger partial charge < -0.3 is 5.11 Å². The van der Waals surface area contributed by atoms with Gasteiger partial charge in [-0.2, -0.15) is 0 Å². The maximum atomic E-state index is 11.4. The fourth-order valence-corrected chi connectivity index (χ4v) is 2.28. The van der Waals surface area contributed by atoms with Gasteiger partial charge in [0.25, 0.3) is 0 Å². The van der Waals surface area contributed by atoms with Gasteiger partial charge in [0.05, 0.1) is 6.10 Å². The zero-order valence-corrected chi connectivity index (χ0v) is 21.5. The molecular weight excluding hydrogens is 351 g/mol. The van der Waals surface area contributed by atoms with Crippen LogP contribution in [0.15, 0.2) is 0 Å². The summed E-state index contributed by atoms with van der Waals surface area (Å²) in [4.78, 5) is 11.4. The van der Waals surface area contributed by atoms with Crippen LogP contribution in [0.25, 0.3) is 0 Å². The topological polar surface area (TPSA) is 37.3 Å². The Morgan fingerprint density at radius 3 is 1.56 bits per heavy atom. The highest BCUT2D eigenvalue weighted by Crippen LogP contribution is 2.23. The summed E-state index contributed by atoms with van der Waals surface area (Å²) in [7, 11) is 1.08. The molecule has 0 radical (unpaired) electrons. The van der Waals surface area contributed by atoms with Gasteiger partial charge in [-0.1, -0.05) is 100 Å². The summed E-state index contributed by atoms with van der Waals surface area (Å²) in [6.45, 7) is 21.0. The average Bonchev–Trinajstić information content (AvgIpc) is 2.55. The third kappa shape index (κ3) is 26.1. The van der Waals surface area contributed by atoms with Crippen LogP contribution in [-0.2, 0) is 4.79 Å². The molecule has 0 aromatic carbocycles. The standard InChI is InChI=1S/C11H24O.C11H22O.C2H7P/c2*1-5-6-7-8-9-10(12)11(2,3)4;1-3-2/h10,12H,5-9H2,1-4H3;5-9H2,1-4H3;3H,1-2H3. The van der Waals surface area contributed by atoms with E-state index in [2.05, 4.69) is 47.9 Å². The molecule has 166 valence electrons. The average molecular weight is 405 g/mol. The Morgan fingerprint density at radius 1 is 0.815 bits per heavy atom. The maximum absolute atomic E-state index is 11.4. The van der Waals surface area contributed by atoms with E-state index in [0.717, 1.165) is 27.8 Å². The third-order valence-electron chi connectivity index (χ3n) is 4.42. The van der Waals surface area contributed by atoms with Crippen molar-refractivity contribution in [2.24, 2.45) is 10.8 Å². The van der Waals surface area contributed by atoms with Crippen molar-refractivity contribution in [1.82, 2.24) is 0 Å². The van der Waals surface area contributed by atoms with Crippen molar-refractivity contribution in [3.63, 3.8) is 0 Å². The van der Waals surface area contributed by atoms with Gasteiger partial charge in [-0.15, -0.1) is 8.58 Å². The van der Waals surface area contributed by atoms with Gasteiger partial charge in [-0.3, -0.25) is 4.79 Å². The Kier molecular flexibility index (Phi) is 22.8. The molecule has 1 unspecified atom stereocenters. The molecule has 0 heterocycles. The number of carbonyl (C=O) groups excluding carboxylic acids is 1. The van der Waals surface area contributed by atoms with Gasteiger partial charge in [-0.25, -0.2) is 0 Å². The van der Waals surface area contributed by atoms with E-state index in [1.54, 1.807) is 0 Å². The first-order chi connectivity index (χ1) is 12.4. The summed E-state index contributed by atoms with van der Waals surface area (Å²) in [5.74, 6) is 0.401. The van der Waals surface area contributed by atoms with E-state index in [1.807, 2.05) is 20.8 Å². The van der Waals surface area contributed by atoms with E-state index in [4.69, 9.17) is 0 Å². The second kappa shape index (κ2) is 19.4. The normalized spacial score (nSPS) is 12.4. The lowest BCUT2D eigenvalue weighted by atomic mass is 9.86. The maximum Gasteiger partial charge on any atom is 0.138 e. The first-order valence-electron chi connectivity index (χ1n) is 11.2. The highest BCUT2D eigenvalue weighted by Gasteiger charge is 2.21. The van der Waals surface area contributed by atoms with Crippen LogP contribution in [0.2, 0.25) is 0 Å². The Hall–Kier alpha value is 0.0600. The SMILES string of the molecule is CCCCCCC(=O)C(C)(C)C.CCCCCCC(O)C(C)(C)C.CPC. The van der Waals surface area contributed by atoms with E-state index in [1.165, 1.54) is 44.9 Å². The summed E-state index contributed by atoms with van der Waals surface area (Å²) in [6.07, 6.45) is 11.4. The number of ketones is 1. The van der Waals surface area contributed by atoms with E-state index >= 15 is 0 Å². The molecule has 0 aliphatic rings. The molecule has 27 heavy (non-hydrogen) atoms. The predicted molar refractivity (Wildman–Crippen MR) is 128 cm³/mol. The van der Waals surface area contributed by atoms with Gasteiger partial charge in [0.1, 0.15) is 5.78 Å². The molecule has 0 fully saturated rings. The quantitative estimate of drug-likeness (QED) is 0.297. The second-order valence-corrected chi connectivity index (χ2v) is 10.7. The number of rotatable bonds is 10. The van der Waals surface area contributed by atoms with Gasteiger partial charge >= 0.3 is 0 Å². The van der Waals surface area contributed by atoms with Crippen molar-refractivity contribution in [3.8, 4) is 0 Å². The van der Waals surface area contributed by atoms with Gasteiger partial charge in [0.15, 0.2) is 0 Å². The molecule has 0 aromatic rings. The van der Waals surface area contributed by atoms with Crippen LogP contribution < -0.4 is 0 Å². The summed E-state index contributed by atoms with van der Waals surface area (Å²) >= 11 is 0. The Balaban J connectivity index is -0.000000372. The van der Waals surface area contributed by atoms with Crippen molar-refractivity contribution >= 4 is 14.4 Å². The number of aliphatic hydroxyl groups is 1. The second-order valence-electron chi connectivity index (χ2n) is 9.71. The summed E-state index contributed by atoms with van der Waals surface area (Å²) < 4.78 is 0. The fraction of sp³-hybridized carbons (Fsp3) is 0.958. The monoisotopic (exact) mass is 404 g/mol. The van der Waals surface area contributed by atoms with Crippen LogP contribution in [0.4, 0.5) is 0 Å². The lowest BCUT2D eigenvalue weighted by Gasteiger charge is -2.25. The fourth-order valence-electron chi connectivity index (χ4n) is 2.28. The Bertz CT molecular complexity index is 313. The van der Waals surface area contributed by atoms with Crippen LogP contribution in [-0.4, -0.2) is 30.3 Å².